The summed E-state index contributed by atoms with van der Waals surface area (Å²) in [5.74, 6) is 1.01. The standard InChI is InChI=1S/C22H28N4O2/c1-14-5-3-4-6-15(14)9-10-24-22(23-2)25-11-12-26-20(27)18-16-7-8-17(13-16)19(18)21(26)28/h3-8,16-19H,9-13H2,1-2H3,(H2,23,24,25). The second-order valence-corrected chi connectivity index (χ2v) is 7.93. The predicted octanol–water partition coefficient (Wildman–Crippen LogP) is 1.51. The summed E-state index contributed by atoms with van der Waals surface area (Å²) < 4.78 is 0. The Bertz CT molecular complexity index is 802. The molecule has 6 heteroatoms. The van der Waals surface area contributed by atoms with E-state index in [0.29, 0.717) is 19.0 Å². The number of guanidine groups is 1. The number of nitrogens with one attached hydrogen (secondary N) is 2. The molecule has 2 amide bonds. The first kappa shape index (κ1) is 18.7. The van der Waals surface area contributed by atoms with Crippen LogP contribution in [0.25, 0.3) is 0 Å². The molecule has 6 nitrogen and oxygen atoms in total. The summed E-state index contributed by atoms with van der Waals surface area (Å²) in [6, 6.07) is 8.35. The van der Waals surface area contributed by atoms with Gasteiger partial charge in [-0.25, -0.2) is 0 Å². The lowest BCUT2D eigenvalue weighted by Crippen LogP contribution is -2.44. The average Bonchev–Trinajstić information content (AvgIpc) is 3.37. The molecule has 1 aromatic carbocycles. The minimum absolute atomic E-state index is 0.0103. The van der Waals surface area contributed by atoms with Crippen LogP contribution in [0, 0.1) is 30.6 Å². The van der Waals surface area contributed by atoms with E-state index >= 15 is 0 Å². The van der Waals surface area contributed by atoms with Crippen molar-refractivity contribution in [1.82, 2.24) is 15.5 Å². The van der Waals surface area contributed by atoms with Gasteiger partial charge in [0.1, 0.15) is 0 Å². The van der Waals surface area contributed by atoms with Gasteiger partial charge in [-0.3, -0.25) is 19.5 Å². The predicted molar refractivity (Wildman–Crippen MR) is 109 cm³/mol. The van der Waals surface area contributed by atoms with Gasteiger partial charge in [0.25, 0.3) is 0 Å². The number of carbonyl (C=O) groups is 2. The molecular formula is C22H28N4O2. The van der Waals surface area contributed by atoms with E-state index in [4.69, 9.17) is 0 Å². The molecule has 3 aliphatic rings. The van der Waals surface area contributed by atoms with Crippen LogP contribution < -0.4 is 10.6 Å². The fourth-order valence-corrected chi connectivity index (χ4v) is 4.90. The minimum Gasteiger partial charge on any atom is -0.356 e. The molecule has 1 heterocycles. The molecule has 2 bridgehead atoms. The summed E-state index contributed by atoms with van der Waals surface area (Å²) in [4.78, 5) is 31.1. The molecule has 4 rings (SSSR count). The second-order valence-electron chi connectivity index (χ2n) is 7.93. The topological polar surface area (TPSA) is 73.8 Å². The van der Waals surface area contributed by atoms with Crippen molar-refractivity contribution >= 4 is 17.8 Å². The Morgan fingerprint density at radius 1 is 1.07 bits per heavy atom. The van der Waals surface area contributed by atoms with Crippen LogP contribution in [-0.2, 0) is 16.0 Å². The molecule has 2 N–H and O–H groups in total. The highest BCUT2D eigenvalue weighted by Crippen LogP contribution is 2.52. The highest BCUT2D eigenvalue weighted by Gasteiger charge is 2.58. The number of nitrogens with zero attached hydrogens (tertiary/aromatic N) is 2. The van der Waals surface area contributed by atoms with E-state index in [1.165, 1.54) is 16.0 Å². The van der Waals surface area contributed by atoms with E-state index in [1.54, 1.807) is 7.05 Å². The third-order valence-electron chi connectivity index (χ3n) is 6.36. The van der Waals surface area contributed by atoms with Gasteiger partial charge >= 0.3 is 0 Å². The van der Waals surface area contributed by atoms with E-state index in [1.807, 2.05) is 6.07 Å². The number of carbonyl (C=O) groups excluding carboxylic acids is 2. The molecule has 148 valence electrons. The lowest BCUT2D eigenvalue weighted by molar-refractivity contribution is -0.140. The van der Waals surface area contributed by atoms with Crippen LogP contribution in [0.4, 0.5) is 0 Å². The van der Waals surface area contributed by atoms with Crippen LogP contribution in [0.5, 0.6) is 0 Å². The fraction of sp³-hybridized carbons (Fsp3) is 0.500. The number of imide groups is 1. The number of hydrogen-bond acceptors (Lipinski definition) is 3. The molecule has 0 radical (unpaired) electrons. The van der Waals surface area contributed by atoms with Crippen LogP contribution >= 0.6 is 0 Å². The van der Waals surface area contributed by atoms with Gasteiger partial charge in [-0.15, -0.1) is 0 Å². The SMILES string of the molecule is CN=C(NCCc1ccccc1C)NCCN1C(=O)C2C3C=CC(C3)C2C1=O. The molecule has 2 fully saturated rings. The third-order valence-corrected chi connectivity index (χ3v) is 6.36. The summed E-state index contributed by atoms with van der Waals surface area (Å²) in [6.45, 7) is 3.78. The molecule has 2 aliphatic carbocycles. The Morgan fingerprint density at radius 3 is 2.36 bits per heavy atom. The Morgan fingerprint density at radius 2 is 1.71 bits per heavy atom. The number of benzene rings is 1. The zero-order valence-corrected chi connectivity index (χ0v) is 16.5. The van der Waals surface area contributed by atoms with Crippen LogP contribution in [0.15, 0.2) is 41.4 Å². The highest BCUT2D eigenvalue weighted by atomic mass is 16.2. The molecule has 1 aliphatic heterocycles. The maximum Gasteiger partial charge on any atom is 0.233 e. The van der Waals surface area contributed by atoms with Crippen molar-refractivity contribution in [2.24, 2.45) is 28.7 Å². The summed E-state index contributed by atoms with van der Waals surface area (Å²) in [5.41, 5.74) is 2.60. The van der Waals surface area contributed by atoms with Crippen LogP contribution in [0.2, 0.25) is 0 Å². The Balaban J connectivity index is 1.24. The van der Waals surface area contributed by atoms with Gasteiger partial charge in [-0.2, -0.15) is 0 Å². The summed E-state index contributed by atoms with van der Waals surface area (Å²) in [5, 5.41) is 6.52. The molecule has 1 aromatic rings. The van der Waals surface area contributed by atoms with Crippen LogP contribution in [0.1, 0.15) is 17.5 Å². The highest BCUT2D eigenvalue weighted by molar-refractivity contribution is 6.06. The van der Waals surface area contributed by atoms with Crippen molar-refractivity contribution in [1.29, 1.82) is 0 Å². The number of rotatable bonds is 6. The van der Waals surface area contributed by atoms with E-state index in [2.05, 4.69) is 52.9 Å². The quantitative estimate of drug-likeness (QED) is 0.340. The number of aliphatic imine (C=N–C) groups is 1. The maximum atomic E-state index is 12.7. The van der Waals surface area contributed by atoms with E-state index in [9.17, 15) is 9.59 Å². The molecule has 0 aromatic heterocycles. The first-order chi connectivity index (χ1) is 13.6. The minimum atomic E-state index is -0.117. The largest absolute Gasteiger partial charge is 0.356 e. The van der Waals surface area contributed by atoms with Crippen molar-refractivity contribution in [2.75, 3.05) is 26.7 Å². The van der Waals surface area contributed by atoms with Crippen molar-refractivity contribution in [3.8, 4) is 0 Å². The lowest BCUT2D eigenvalue weighted by Gasteiger charge is -2.18. The Hall–Kier alpha value is -2.63. The summed E-state index contributed by atoms with van der Waals surface area (Å²) in [6.07, 6.45) is 6.13. The van der Waals surface area contributed by atoms with Crippen molar-refractivity contribution in [2.45, 2.75) is 19.8 Å². The monoisotopic (exact) mass is 380 g/mol. The number of amides is 2. The van der Waals surface area contributed by atoms with E-state index in [0.717, 1.165) is 19.4 Å². The molecule has 4 atom stereocenters. The first-order valence-corrected chi connectivity index (χ1v) is 10.1. The zero-order chi connectivity index (χ0) is 19.7. The lowest BCUT2D eigenvalue weighted by atomic mass is 9.85. The van der Waals surface area contributed by atoms with E-state index in [-0.39, 0.29) is 35.5 Å². The third kappa shape index (κ3) is 3.32. The maximum absolute atomic E-state index is 12.7. The molecule has 1 saturated heterocycles. The van der Waals surface area contributed by atoms with Crippen LogP contribution in [0.3, 0.4) is 0 Å². The Labute approximate surface area is 166 Å². The summed E-state index contributed by atoms with van der Waals surface area (Å²) in [7, 11) is 1.73. The van der Waals surface area contributed by atoms with Gasteiger partial charge in [0.05, 0.1) is 11.8 Å². The van der Waals surface area contributed by atoms with Gasteiger partial charge < -0.3 is 10.6 Å². The van der Waals surface area contributed by atoms with Gasteiger partial charge in [0.15, 0.2) is 5.96 Å². The molecule has 1 saturated carbocycles. The number of likely N-dealkylation sites (tertiary alicyclic amines) is 1. The van der Waals surface area contributed by atoms with E-state index < -0.39 is 0 Å². The normalized spacial score (nSPS) is 28.2. The number of hydrogen-bond donors (Lipinski definition) is 2. The van der Waals surface area contributed by atoms with Crippen molar-refractivity contribution in [3.63, 3.8) is 0 Å². The molecule has 4 unspecified atom stereocenters. The van der Waals surface area contributed by atoms with Gasteiger partial charge in [0.2, 0.25) is 11.8 Å². The number of aryl methyl sites for hydroxylation is 1. The number of allylic oxidation sites excluding steroid dienone is 2. The molecule has 28 heavy (non-hydrogen) atoms. The van der Waals surface area contributed by atoms with Crippen molar-refractivity contribution in [3.05, 3.63) is 47.5 Å². The Kier molecular flexibility index (Phi) is 5.20. The first-order valence-electron chi connectivity index (χ1n) is 10.1. The molecule has 0 spiro atoms. The average molecular weight is 380 g/mol. The van der Waals surface area contributed by atoms with Gasteiger partial charge in [-0.1, -0.05) is 36.4 Å². The van der Waals surface area contributed by atoms with Crippen molar-refractivity contribution < 1.29 is 9.59 Å². The summed E-state index contributed by atoms with van der Waals surface area (Å²) >= 11 is 0. The number of fused-ring (bicyclic) bond motifs is 5. The fourth-order valence-electron chi connectivity index (χ4n) is 4.90. The van der Waals surface area contributed by atoms with Crippen LogP contribution in [-0.4, -0.2) is 49.4 Å². The second kappa shape index (κ2) is 7.78. The zero-order valence-electron chi connectivity index (χ0n) is 16.5. The van der Waals surface area contributed by atoms with Gasteiger partial charge in [-0.05, 0) is 42.7 Å². The van der Waals surface area contributed by atoms with Gasteiger partial charge in [0, 0.05) is 26.7 Å². The smallest absolute Gasteiger partial charge is 0.233 e. The molecular weight excluding hydrogens is 352 g/mol.